The van der Waals surface area contributed by atoms with Crippen LogP contribution in [-0.4, -0.2) is 17.8 Å². The molecular formula is C16H20N2OS. The Hall–Kier alpha value is -1.52. The summed E-state index contributed by atoms with van der Waals surface area (Å²) in [6.07, 6.45) is 3.16. The van der Waals surface area contributed by atoms with E-state index in [2.05, 4.69) is 17.2 Å². The Morgan fingerprint density at radius 3 is 2.80 bits per heavy atom. The third kappa shape index (κ3) is 4.25. The Balaban J connectivity index is 2.07. The average molecular weight is 288 g/mol. The summed E-state index contributed by atoms with van der Waals surface area (Å²) in [5, 5.41) is 3.34. The Kier molecular flexibility index (Phi) is 5.89. The van der Waals surface area contributed by atoms with E-state index in [1.807, 2.05) is 48.7 Å². The van der Waals surface area contributed by atoms with E-state index < -0.39 is 0 Å². The number of hydrogen-bond acceptors (Lipinski definition) is 4. The molecular weight excluding hydrogens is 268 g/mol. The lowest BCUT2D eigenvalue weighted by molar-refractivity contribution is 0.449. The fraction of sp³-hybridized carbons (Fsp3) is 0.312. The highest BCUT2D eigenvalue weighted by Gasteiger charge is 2.04. The predicted molar refractivity (Wildman–Crippen MR) is 84.5 cm³/mol. The van der Waals surface area contributed by atoms with Gasteiger partial charge in [0.25, 0.3) is 0 Å². The fourth-order valence-corrected chi connectivity index (χ4v) is 2.35. The van der Waals surface area contributed by atoms with Crippen molar-refractivity contribution in [2.45, 2.75) is 24.8 Å². The molecule has 1 heterocycles. The first-order chi connectivity index (χ1) is 9.83. The molecule has 0 bridgehead atoms. The van der Waals surface area contributed by atoms with Gasteiger partial charge >= 0.3 is 0 Å². The third-order valence-corrected chi connectivity index (χ3v) is 3.57. The second-order valence-corrected chi connectivity index (χ2v) is 5.24. The van der Waals surface area contributed by atoms with Crippen LogP contribution >= 0.6 is 11.8 Å². The molecule has 0 aliphatic carbocycles. The summed E-state index contributed by atoms with van der Waals surface area (Å²) in [5.74, 6) is 1.49. The number of nitrogens with one attached hydrogen (secondary N) is 1. The molecule has 3 nitrogen and oxygen atoms in total. The molecule has 1 aromatic heterocycles. The number of aromatic nitrogens is 1. The summed E-state index contributed by atoms with van der Waals surface area (Å²) in [6, 6.07) is 13.9. The minimum absolute atomic E-state index is 0.641. The van der Waals surface area contributed by atoms with Crippen LogP contribution in [0.15, 0.2) is 47.4 Å². The molecule has 1 aromatic carbocycles. The van der Waals surface area contributed by atoms with Crippen LogP contribution < -0.4 is 10.1 Å². The van der Waals surface area contributed by atoms with Gasteiger partial charge in [0, 0.05) is 17.5 Å². The minimum atomic E-state index is 0.641. The van der Waals surface area contributed by atoms with Gasteiger partial charge < -0.3 is 10.1 Å². The van der Waals surface area contributed by atoms with Crippen molar-refractivity contribution in [1.29, 1.82) is 0 Å². The van der Waals surface area contributed by atoms with Gasteiger partial charge in [0.05, 0.1) is 5.69 Å². The third-order valence-electron chi connectivity index (χ3n) is 2.80. The van der Waals surface area contributed by atoms with Crippen molar-refractivity contribution in [3.8, 4) is 11.6 Å². The first-order valence-corrected chi connectivity index (χ1v) is 8.03. The van der Waals surface area contributed by atoms with Gasteiger partial charge in [-0.1, -0.05) is 25.1 Å². The molecule has 2 aromatic rings. The molecule has 0 aliphatic heterocycles. The molecule has 0 atom stereocenters. The highest BCUT2D eigenvalue weighted by Crippen LogP contribution is 2.30. The smallest absolute Gasteiger partial charge is 0.219 e. The van der Waals surface area contributed by atoms with Crippen LogP contribution in [0.4, 0.5) is 0 Å². The van der Waals surface area contributed by atoms with Crippen LogP contribution in [0.3, 0.4) is 0 Å². The first-order valence-electron chi connectivity index (χ1n) is 6.81. The first kappa shape index (κ1) is 14.9. The number of para-hydroxylation sites is 1. The van der Waals surface area contributed by atoms with Crippen molar-refractivity contribution in [1.82, 2.24) is 10.3 Å². The molecule has 0 saturated carbocycles. The van der Waals surface area contributed by atoms with Crippen LogP contribution in [0.2, 0.25) is 0 Å². The van der Waals surface area contributed by atoms with Crippen molar-refractivity contribution in [2.24, 2.45) is 0 Å². The zero-order valence-corrected chi connectivity index (χ0v) is 12.7. The second kappa shape index (κ2) is 7.92. The summed E-state index contributed by atoms with van der Waals surface area (Å²) >= 11 is 1.67. The zero-order chi connectivity index (χ0) is 14.2. The Bertz CT molecular complexity index is 546. The average Bonchev–Trinajstić information content (AvgIpc) is 2.48. The van der Waals surface area contributed by atoms with Crippen molar-refractivity contribution in [2.75, 3.05) is 12.8 Å². The lowest BCUT2D eigenvalue weighted by Gasteiger charge is -2.10. The molecule has 0 fully saturated rings. The lowest BCUT2D eigenvalue weighted by atomic mass is 10.3. The predicted octanol–water partition coefficient (Wildman–Crippen LogP) is 4.10. The maximum absolute atomic E-state index is 5.89. The minimum Gasteiger partial charge on any atom is -0.438 e. The van der Waals surface area contributed by atoms with Gasteiger partial charge in [-0.2, -0.15) is 0 Å². The van der Waals surface area contributed by atoms with Gasteiger partial charge in [0.15, 0.2) is 0 Å². The highest BCUT2D eigenvalue weighted by molar-refractivity contribution is 7.98. The van der Waals surface area contributed by atoms with Crippen LogP contribution in [0, 0.1) is 0 Å². The summed E-state index contributed by atoms with van der Waals surface area (Å²) in [5.41, 5.74) is 0.998. The largest absolute Gasteiger partial charge is 0.438 e. The van der Waals surface area contributed by atoms with E-state index in [9.17, 15) is 0 Å². The van der Waals surface area contributed by atoms with E-state index in [-0.39, 0.29) is 0 Å². The van der Waals surface area contributed by atoms with E-state index >= 15 is 0 Å². The van der Waals surface area contributed by atoms with Gasteiger partial charge in [-0.05, 0) is 37.4 Å². The molecule has 4 heteroatoms. The molecule has 0 spiro atoms. The normalized spacial score (nSPS) is 10.5. The van der Waals surface area contributed by atoms with E-state index in [1.54, 1.807) is 11.8 Å². The van der Waals surface area contributed by atoms with Crippen LogP contribution in [-0.2, 0) is 6.54 Å². The van der Waals surface area contributed by atoms with E-state index in [1.165, 1.54) is 0 Å². The fourth-order valence-electron chi connectivity index (χ4n) is 1.82. The van der Waals surface area contributed by atoms with Crippen LogP contribution in [0.1, 0.15) is 19.0 Å². The van der Waals surface area contributed by atoms with Crippen molar-refractivity contribution in [3.63, 3.8) is 0 Å². The van der Waals surface area contributed by atoms with Gasteiger partial charge in [0.1, 0.15) is 5.75 Å². The zero-order valence-electron chi connectivity index (χ0n) is 11.9. The van der Waals surface area contributed by atoms with E-state index in [0.29, 0.717) is 5.88 Å². The van der Waals surface area contributed by atoms with Crippen molar-refractivity contribution < 1.29 is 4.74 Å². The van der Waals surface area contributed by atoms with E-state index in [0.717, 1.165) is 35.8 Å². The lowest BCUT2D eigenvalue weighted by Crippen LogP contribution is -2.14. The van der Waals surface area contributed by atoms with Gasteiger partial charge in [-0.25, -0.2) is 4.98 Å². The number of ether oxygens (including phenoxy) is 1. The Morgan fingerprint density at radius 1 is 1.15 bits per heavy atom. The van der Waals surface area contributed by atoms with Gasteiger partial charge in [0.2, 0.25) is 5.88 Å². The quantitative estimate of drug-likeness (QED) is 0.614. The summed E-state index contributed by atoms with van der Waals surface area (Å²) in [6.45, 7) is 3.93. The maximum atomic E-state index is 5.89. The molecule has 0 amide bonds. The topological polar surface area (TPSA) is 34.1 Å². The van der Waals surface area contributed by atoms with Gasteiger partial charge in [-0.3, -0.25) is 0 Å². The molecule has 0 aliphatic rings. The Labute approximate surface area is 124 Å². The van der Waals surface area contributed by atoms with Crippen LogP contribution in [0.5, 0.6) is 11.6 Å². The van der Waals surface area contributed by atoms with E-state index in [4.69, 9.17) is 4.74 Å². The maximum Gasteiger partial charge on any atom is 0.219 e. The summed E-state index contributed by atoms with van der Waals surface area (Å²) in [4.78, 5) is 5.64. The molecule has 1 N–H and O–H groups in total. The molecule has 2 rings (SSSR count). The number of pyridine rings is 1. The van der Waals surface area contributed by atoms with Crippen LogP contribution in [0.25, 0.3) is 0 Å². The van der Waals surface area contributed by atoms with Crippen molar-refractivity contribution in [3.05, 3.63) is 48.2 Å². The Morgan fingerprint density at radius 2 is 2.00 bits per heavy atom. The molecule has 0 radical (unpaired) electrons. The number of thioether (sulfide) groups is 1. The summed E-state index contributed by atoms with van der Waals surface area (Å²) in [7, 11) is 0. The van der Waals surface area contributed by atoms with Crippen molar-refractivity contribution >= 4 is 11.8 Å². The summed E-state index contributed by atoms with van der Waals surface area (Å²) < 4.78 is 5.89. The molecule has 106 valence electrons. The molecule has 20 heavy (non-hydrogen) atoms. The molecule has 0 unspecified atom stereocenters. The number of benzene rings is 1. The second-order valence-electron chi connectivity index (χ2n) is 4.40. The number of nitrogens with zero attached hydrogens (tertiary/aromatic N) is 1. The number of hydrogen-bond donors (Lipinski definition) is 1. The highest BCUT2D eigenvalue weighted by atomic mass is 32.2. The monoisotopic (exact) mass is 288 g/mol. The SMILES string of the molecule is CCCNCc1cccc(Oc2ccccc2SC)n1. The number of rotatable bonds is 7. The standard InChI is InChI=1S/C16H20N2OS/c1-3-11-17-12-13-7-6-10-16(18-13)19-14-8-4-5-9-15(14)20-2/h4-10,17H,3,11-12H2,1-2H3. The van der Waals surface area contributed by atoms with Gasteiger partial charge in [-0.15, -0.1) is 11.8 Å². The molecule has 0 saturated heterocycles.